The maximum absolute atomic E-state index is 2.88. The normalized spacial score (nSPS) is 16.5. The van der Waals surface area contributed by atoms with Crippen LogP contribution in [0.15, 0.2) is 0 Å². The molecule has 1 fully saturated rings. The minimum absolute atomic E-state index is 0.675. The molecule has 0 bridgehead atoms. The van der Waals surface area contributed by atoms with Crippen molar-refractivity contribution in [1.82, 2.24) is 19.6 Å². The lowest BCUT2D eigenvalue weighted by Gasteiger charge is -2.44. The van der Waals surface area contributed by atoms with Crippen LogP contribution < -0.4 is 0 Å². The van der Waals surface area contributed by atoms with E-state index in [1.807, 2.05) is 0 Å². The molecule has 0 aromatic heterocycles. The number of hydrogen-bond acceptors (Lipinski definition) is 6. The van der Waals surface area contributed by atoms with Gasteiger partial charge in [-0.05, 0) is 65.1 Å². The zero-order chi connectivity index (χ0) is 49.9. The smallest absolute Gasteiger partial charge is 0.0196 e. The maximum atomic E-state index is 2.88. The van der Waals surface area contributed by atoms with E-state index in [4.69, 9.17) is 0 Å². The van der Waals surface area contributed by atoms with Crippen molar-refractivity contribution in [2.75, 3.05) is 88.5 Å². The lowest BCUT2D eigenvalue weighted by Crippen LogP contribution is -2.57. The Bertz CT molecular complexity index is 961. The van der Waals surface area contributed by atoms with Crippen LogP contribution in [0.1, 0.15) is 299 Å². The average Bonchev–Trinajstić information content (AvgIpc) is 3.34. The fourth-order valence-corrected chi connectivity index (χ4v) is 13.0. The van der Waals surface area contributed by atoms with Crippen molar-refractivity contribution >= 4 is 23.5 Å². The van der Waals surface area contributed by atoms with Crippen LogP contribution in [0.3, 0.4) is 0 Å². The first-order valence-corrected chi connectivity index (χ1v) is 34.3. The van der Waals surface area contributed by atoms with E-state index in [0.717, 1.165) is 5.92 Å². The molecule has 1 aliphatic rings. The zero-order valence-corrected chi connectivity index (χ0v) is 50.4. The summed E-state index contributed by atoms with van der Waals surface area (Å²) in [5.74, 6) is 6.04. The van der Waals surface area contributed by atoms with Crippen molar-refractivity contribution in [2.24, 2.45) is 5.92 Å². The topological polar surface area (TPSA) is 13.0 Å². The van der Waals surface area contributed by atoms with E-state index in [9.17, 15) is 0 Å². The highest BCUT2D eigenvalue weighted by Gasteiger charge is 2.28. The van der Waals surface area contributed by atoms with Crippen molar-refractivity contribution in [3.63, 3.8) is 0 Å². The summed E-state index contributed by atoms with van der Waals surface area (Å²) in [6.45, 7) is 29.8. The molecule has 0 N–H and O–H groups in total. The minimum Gasteiger partial charge on any atom is -0.303 e. The number of nitrogens with zero attached hydrogens (tertiary/aromatic N) is 4. The molecule has 3 unspecified atom stereocenters. The van der Waals surface area contributed by atoms with Crippen molar-refractivity contribution in [2.45, 2.75) is 311 Å². The van der Waals surface area contributed by atoms with Gasteiger partial charge in [0, 0.05) is 80.9 Å². The van der Waals surface area contributed by atoms with E-state index >= 15 is 0 Å². The van der Waals surface area contributed by atoms with Crippen molar-refractivity contribution < 1.29 is 0 Å². The second-order valence-electron chi connectivity index (χ2n) is 23.0. The van der Waals surface area contributed by atoms with Crippen LogP contribution in [-0.2, 0) is 0 Å². The first-order valence-electron chi connectivity index (χ1n) is 32.0. The first-order chi connectivity index (χ1) is 33.9. The molecule has 0 aliphatic carbocycles. The molecule has 3 atom stereocenters. The molecule has 1 saturated heterocycles. The highest BCUT2D eigenvalue weighted by molar-refractivity contribution is 7.99. The molecule has 0 saturated carbocycles. The maximum Gasteiger partial charge on any atom is 0.0196 e. The molecule has 0 spiro atoms. The number of thioether (sulfide) groups is 2. The summed E-state index contributed by atoms with van der Waals surface area (Å²) >= 11 is 4.47. The number of hydrogen-bond donors (Lipinski definition) is 0. The third-order valence-corrected chi connectivity index (χ3v) is 17.9. The standard InChI is InChI=1S/C63H130N4S2/c1-8-12-16-20-24-28-31-35-39-43-47-64(48-44-40-36-32-29-25-21-17-13-9-2)50-54-68-56-52-66-59-63(7)67(60-62(66)6)53-57-69-55-51-65(49-45-41-37-33-30-26-22-18-14-10-3)58-61(5)46-42-38-34-27-23-19-15-11-4/h61-63H,8-60H2,1-7H3. The van der Waals surface area contributed by atoms with Gasteiger partial charge in [-0.25, -0.2) is 0 Å². The van der Waals surface area contributed by atoms with Crippen LogP contribution in [0.5, 0.6) is 0 Å². The summed E-state index contributed by atoms with van der Waals surface area (Å²) in [6, 6.07) is 1.35. The van der Waals surface area contributed by atoms with Crippen LogP contribution in [-0.4, -0.2) is 120 Å². The SMILES string of the molecule is CCCCCCCCCCCCN(CCCCCCCCCCCC)CCSCCN1CC(C)N(CCSCCN(CCCCCCCCCCCC)CC(C)CCCCCCCCCC)CC1C. The van der Waals surface area contributed by atoms with Gasteiger partial charge in [0.25, 0.3) is 0 Å². The summed E-state index contributed by atoms with van der Waals surface area (Å²) in [6.07, 6.45) is 56.1. The summed E-state index contributed by atoms with van der Waals surface area (Å²) in [4.78, 5) is 11.4. The van der Waals surface area contributed by atoms with Gasteiger partial charge in [0.15, 0.2) is 0 Å². The number of piperazine rings is 1. The summed E-state index contributed by atoms with van der Waals surface area (Å²) in [7, 11) is 0. The van der Waals surface area contributed by atoms with E-state index in [-0.39, 0.29) is 0 Å². The number of unbranched alkanes of at least 4 members (excludes halogenated alkanes) is 34. The molecule has 69 heavy (non-hydrogen) atoms. The van der Waals surface area contributed by atoms with Crippen LogP contribution in [0.4, 0.5) is 0 Å². The predicted molar refractivity (Wildman–Crippen MR) is 322 cm³/mol. The van der Waals surface area contributed by atoms with Gasteiger partial charge in [-0.3, -0.25) is 9.80 Å². The second-order valence-corrected chi connectivity index (χ2v) is 25.4. The Labute approximate surface area is 446 Å². The molecular formula is C63H130N4S2. The Morgan fingerprint density at radius 3 is 0.957 bits per heavy atom. The van der Waals surface area contributed by atoms with Gasteiger partial charge in [0.05, 0.1) is 0 Å². The third-order valence-electron chi connectivity index (χ3n) is 16.0. The predicted octanol–water partition coefficient (Wildman–Crippen LogP) is 19.4. The molecule has 0 amide bonds. The summed E-state index contributed by atoms with van der Waals surface area (Å²) in [5.41, 5.74) is 0. The van der Waals surface area contributed by atoms with Gasteiger partial charge < -0.3 is 9.80 Å². The van der Waals surface area contributed by atoms with E-state index < -0.39 is 0 Å². The van der Waals surface area contributed by atoms with Gasteiger partial charge in [-0.1, -0.05) is 259 Å². The van der Waals surface area contributed by atoms with Crippen molar-refractivity contribution in [3.8, 4) is 0 Å². The van der Waals surface area contributed by atoms with Crippen LogP contribution in [0, 0.1) is 5.92 Å². The summed E-state index contributed by atoms with van der Waals surface area (Å²) in [5, 5.41) is 0. The van der Waals surface area contributed by atoms with Crippen LogP contribution >= 0.6 is 23.5 Å². The van der Waals surface area contributed by atoms with Crippen molar-refractivity contribution in [3.05, 3.63) is 0 Å². The monoisotopic (exact) mass is 1010 g/mol. The highest BCUT2D eigenvalue weighted by atomic mass is 32.2. The Morgan fingerprint density at radius 1 is 0.348 bits per heavy atom. The quantitative estimate of drug-likeness (QED) is 0.0559. The van der Waals surface area contributed by atoms with E-state index in [1.165, 1.54) is 339 Å². The summed E-state index contributed by atoms with van der Waals surface area (Å²) < 4.78 is 0. The van der Waals surface area contributed by atoms with Crippen LogP contribution in [0.25, 0.3) is 0 Å². The van der Waals surface area contributed by atoms with E-state index in [2.05, 4.69) is 91.6 Å². The second kappa shape index (κ2) is 53.4. The fourth-order valence-electron chi connectivity index (χ4n) is 11.1. The Morgan fingerprint density at radius 2 is 0.623 bits per heavy atom. The molecule has 6 heteroatoms. The molecule has 1 aliphatic heterocycles. The Hall–Kier alpha value is 0.540. The molecule has 4 nitrogen and oxygen atoms in total. The minimum atomic E-state index is 0.675. The van der Waals surface area contributed by atoms with Gasteiger partial charge in [-0.15, -0.1) is 0 Å². The molecule has 0 radical (unpaired) electrons. The lowest BCUT2D eigenvalue weighted by atomic mass is 10.0. The van der Waals surface area contributed by atoms with Crippen molar-refractivity contribution in [1.29, 1.82) is 0 Å². The Kier molecular flexibility index (Phi) is 52.3. The third kappa shape index (κ3) is 44.5. The highest BCUT2D eigenvalue weighted by Crippen LogP contribution is 2.20. The Balaban J connectivity index is 2.41. The van der Waals surface area contributed by atoms with E-state index in [0.29, 0.717) is 12.1 Å². The first kappa shape index (κ1) is 67.6. The molecular weight excluding hydrogens is 877 g/mol. The molecule has 0 aromatic rings. The van der Waals surface area contributed by atoms with E-state index in [1.54, 1.807) is 0 Å². The van der Waals surface area contributed by atoms with Gasteiger partial charge in [0.1, 0.15) is 0 Å². The average molecular weight is 1010 g/mol. The molecule has 1 rings (SSSR count). The molecule has 0 aromatic carbocycles. The fraction of sp³-hybridized carbons (Fsp3) is 1.00. The number of rotatable bonds is 56. The molecule has 1 heterocycles. The van der Waals surface area contributed by atoms with Crippen LogP contribution in [0.2, 0.25) is 0 Å². The zero-order valence-electron chi connectivity index (χ0n) is 48.8. The molecule has 414 valence electrons. The van der Waals surface area contributed by atoms with Gasteiger partial charge in [-0.2, -0.15) is 23.5 Å². The van der Waals surface area contributed by atoms with Gasteiger partial charge in [0.2, 0.25) is 0 Å². The largest absolute Gasteiger partial charge is 0.303 e. The lowest BCUT2D eigenvalue weighted by molar-refractivity contribution is 0.0515. The van der Waals surface area contributed by atoms with Gasteiger partial charge >= 0.3 is 0 Å².